The number of carbonyl (C=O) groups excluding carboxylic acids is 1. The molecule has 2 N–H and O–H groups in total. The molecule has 1 aliphatic rings. The van der Waals surface area contributed by atoms with E-state index in [-0.39, 0.29) is 17.6 Å². The largest absolute Gasteiger partial charge is 0.389 e. The lowest BCUT2D eigenvalue weighted by Crippen LogP contribution is -2.48. The molecule has 1 fully saturated rings. The van der Waals surface area contributed by atoms with E-state index < -0.39 is 5.60 Å². The fourth-order valence-corrected chi connectivity index (χ4v) is 2.92. The summed E-state index contributed by atoms with van der Waals surface area (Å²) in [4.78, 5) is 13.9. The van der Waals surface area contributed by atoms with Gasteiger partial charge in [-0.2, -0.15) is 0 Å². The highest BCUT2D eigenvalue weighted by Crippen LogP contribution is 2.34. The molecule has 0 unspecified atom stereocenters. The SMILES string of the molecule is CCN(CC(C)(C)O)C(=O)NC[C@@H]1CCO[C@@H]1C(C)(C)C. The molecule has 0 aromatic rings. The van der Waals surface area contributed by atoms with Crippen molar-refractivity contribution in [2.45, 2.75) is 59.7 Å². The lowest BCUT2D eigenvalue weighted by molar-refractivity contribution is 0.00720. The predicted octanol–water partition coefficient (Wildman–Crippen LogP) is 2.24. The van der Waals surface area contributed by atoms with Crippen LogP contribution in [0.3, 0.4) is 0 Å². The Hall–Kier alpha value is -0.810. The zero-order valence-corrected chi connectivity index (χ0v) is 14.4. The molecule has 0 bridgehead atoms. The Morgan fingerprint density at radius 2 is 1.95 bits per heavy atom. The maximum Gasteiger partial charge on any atom is 0.317 e. The van der Waals surface area contributed by atoms with Gasteiger partial charge in [0.25, 0.3) is 0 Å². The number of likely N-dealkylation sites (N-methyl/N-ethyl adjacent to an activating group) is 1. The molecule has 0 aromatic heterocycles. The molecule has 1 aliphatic heterocycles. The molecule has 0 spiro atoms. The van der Waals surface area contributed by atoms with E-state index in [0.717, 1.165) is 13.0 Å². The first-order valence-electron chi connectivity index (χ1n) is 7.91. The van der Waals surface area contributed by atoms with E-state index in [4.69, 9.17) is 4.74 Å². The first-order chi connectivity index (χ1) is 9.54. The van der Waals surface area contributed by atoms with Crippen LogP contribution < -0.4 is 5.32 Å². The van der Waals surface area contributed by atoms with Gasteiger partial charge in [-0.3, -0.25) is 0 Å². The van der Waals surface area contributed by atoms with Crippen LogP contribution in [0.1, 0.15) is 48.0 Å². The number of aliphatic hydroxyl groups is 1. The number of hydrogen-bond donors (Lipinski definition) is 2. The molecule has 1 rings (SSSR count). The molecule has 0 aliphatic carbocycles. The van der Waals surface area contributed by atoms with Gasteiger partial charge >= 0.3 is 6.03 Å². The molecule has 2 amide bonds. The van der Waals surface area contributed by atoms with Crippen molar-refractivity contribution in [3.63, 3.8) is 0 Å². The van der Waals surface area contributed by atoms with Gasteiger partial charge in [0.2, 0.25) is 0 Å². The summed E-state index contributed by atoms with van der Waals surface area (Å²) in [5, 5.41) is 12.9. The Bertz CT molecular complexity index is 344. The van der Waals surface area contributed by atoms with Gasteiger partial charge in [0.1, 0.15) is 0 Å². The summed E-state index contributed by atoms with van der Waals surface area (Å²) in [7, 11) is 0. The maximum absolute atomic E-state index is 12.2. The second-order valence-corrected chi connectivity index (χ2v) is 7.72. The predicted molar refractivity (Wildman–Crippen MR) is 84.2 cm³/mol. The maximum atomic E-state index is 12.2. The fraction of sp³-hybridized carbons (Fsp3) is 0.938. The van der Waals surface area contributed by atoms with Crippen LogP contribution in [-0.4, -0.2) is 54.0 Å². The molecule has 0 saturated carbocycles. The summed E-state index contributed by atoms with van der Waals surface area (Å²) >= 11 is 0. The number of carbonyl (C=O) groups is 1. The molecule has 124 valence electrons. The zero-order valence-electron chi connectivity index (χ0n) is 14.4. The molecule has 0 radical (unpaired) electrons. The Morgan fingerprint density at radius 3 is 2.43 bits per heavy atom. The Kier molecular flexibility index (Phi) is 6.05. The quantitative estimate of drug-likeness (QED) is 0.818. The van der Waals surface area contributed by atoms with Gasteiger partial charge in [-0.1, -0.05) is 20.8 Å². The van der Waals surface area contributed by atoms with E-state index in [2.05, 4.69) is 26.1 Å². The first kappa shape index (κ1) is 18.2. The number of rotatable bonds is 5. The van der Waals surface area contributed by atoms with Gasteiger partial charge in [-0.15, -0.1) is 0 Å². The van der Waals surface area contributed by atoms with Crippen LogP contribution in [0.25, 0.3) is 0 Å². The molecular weight excluding hydrogens is 268 g/mol. The average molecular weight is 300 g/mol. The minimum absolute atomic E-state index is 0.0867. The van der Waals surface area contributed by atoms with Gasteiger partial charge < -0.3 is 20.1 Å². The lowest BCUT2D eigenvalue weighted by Gasteiger charge is -2.32. The molecule has 2 atom stereocenters. The van der Waals surface area contributed by atoms with E-state index in [0.29, 0.717) is 25.6 Å². The van der Waals surface area contributed by atoms with Crippen LogP contribution in [0, 0.1) is 11.3 Å². The van der Waals surface area contributed by atoms with Crippen molar-refractivity contribution < 1.29 is 14.6 Å². The molecule has 21 heavy (non-hydrogen) atoms. The van der Waals surface area contributed by atoms with Gasteiger partial charge in [0.15, 0.2) is 0 Å². The minimum Gasteiger partial charge on any atom is -0.389 e. The molecule has 1 heterocycles. The van der Waals surface area contributed by atoms with Crippen molar-refractivity contribution in [3.8, 4) is 0 Å². The molecule has 1 saturated heterocycles. The third kappa shape index (κ3) is 5.83. The number of hydrogen-bond acceptors (Lipinski definition) is 3. The monoisotopic (exact) mass is 300 g/mol. The molecule has 5 heteroatoms. The normalized spacial score (nSPS) is 23.2. The van der Waals surface area contributed by atoms with Crippen LogP contribution in [0.2, 0.25) is 0 Å². The second-order valence-electron chi connectivity index (χ2n) is 7.72. The highest BCUT2D eigenvalue weighted by molar-refractivity contribution is 5.74. The Labute approximate surface area is 129 Å². The van der Waals surface area contributed by atoms with Crippen LogP contribution in [0.5, 0.6) is 0 Å². The van der Waals surface area contributed by atoms with Crippen LogP contribution >= 0.6 is 0 Å². The number of nitrogens with zero attached hydrogens (tertiary/aromatic N) is 1. The fourth-order valence-electron chi connectivity index (χ4n) is 2.92. The van der Waals surface area contributed by atoms with E-state index >= 15 is 0 Å². The molecular formula is C16H32N2O3. The van der Waals surface area contributed by atoms with Gasteiger partial charge in [0.05, 0.1) is 18.2 Å². The van der Waals surface area contributed by atoms with Crippen molar-refractivity contribution >= 4 is 6.03 Å². The molecule has 5 nitrogen and oxygen atoms in total. The van der Waals surface area contributed by atoms with Crippen molar-refractivity contribution in [1.29, 1.82) is 0 Å². The lowest BCUT2D eigenvalue weighted by atomic mass is 9.81. The van der Waals surface area contributed by atoms with Crippen LogP contribution in [-0.2, 0) is 4.74 Å². The number of urea groups is 1. The third-order valence-corrected chi connectivity index (χ3v) is 3.83. The van der Waals surface area contributed by atoms with Crippen molar-refractivity contribution in [3.05, 3.63) is 0 Å². The standard InChI is InChI=1S/C16H32N2O3/c1-7-18(11-16(5,6)20)14(19)17-10-12-8-9-21-13(12)15(2,3)4/h12-13,20H,7-11H2,1-6H3,(H,17,19)/t12-,13-/m0/s1. The van der Waals surface area contributed by atoms with E-state index in [1.54, 1.807) is 18.7 Å². The van der Waals surface area contributed by atoms with Crippen molar-refractivity contribution in [2.24, 2.45) is 11.3 Å². The third-order valence-electron chi connectivity index (χ3n) is 3.83. The Balaban J connectivity index is 2.51. The highest BCUT2D eigenvalue weighted by atomic mass is 16.5. The summed E-state index contributed by atoms with van der Waals surface area (Å²) in [5.41, 5.74) is -0.790. The van der Waals surface area contributed by atoms with Crippen molar-refractivity contribution in [1.82, 2.24) is 10.2 Å². The van der Waals surface area contributed by atoms with E-state index in [1.807, 2.05) is 6.92 Å². The molecule has 0 aromatic carbocycles. The highest BCUT2D eigenvalue weighted by Gasteiger charge is 2.37. The summed E-state index contributed by atoms with van der Waals surface area (Å²) in [6.07, 6.45) is 1.17. The Morgan fingerprint density at radius 1 is 1.33 bits per heavy atom. The second kappa shape index (κ2) is 6.97. The smallest absolute Gasteiger partial charge is 0.317 e. The summed E-state index contributed by atoms with van der Waals surface area (Å²) < 4.78 is 5.82. The van der Waals surface area contributed by atoms with E-state index in [9.17, 15) is 9.90 Å². The summed E-state index contributed by atoms with van der Waals surface area (Å²) in [5.74, 6) is 0.356. The van der Waals surface area contributed by atoms with Gasteiger partial charge in [-0.25, -0.2) is 4.79 Å². The number of ether oxygens (including phenoxy) is 1. The topological polar surface area (TPSA) is 61.8 Å². The first-order valence-corrected chi connectivity index (χ1v) is 7.91. The number of amides is 2. The van der Waals surface area contributed by atoms with E-state index in [1.165, 1.54) is 0 Å². The summed E-state index contributed by atoms with van der Waals surface area (Å²) in [6.45, 7) is 14.2. The zero-order chi connectivity index (χ0) is 16.3. The van der Waals surface area contributed by atoms with Crippen LogP contribution in [0.15, 0.2) is 0 Å². The summed E-state index contributed by atoms with van der Waals surface area (Å²) in [6, 6.07) is -0.112. The van der Waals surface area contributed by atoms with Crippen molar-refractivity contribution in [2.75, 3.05) is 26.2 Å². The van der Waals surface area contributed by atoms with Gasteiger partial charge in [0, 0.05) is 25.6 Å². The average Bonchev–Trinajstić information content (AvgIpc) is 2.80. The minimum atomic E-state index is -0.877. The van der Waals surface area contributed by atoms with Gasteiger partial charge in [-0.05, 0) is 32.6 Å². The number of nitrogens with one attached hydrogen (secondary N) is 1. The van der Waals surface area contributed by atoms with Crippen LogP contribution in [0.4, 0.5) is 4.79 Å².